The molecule has 0 spiro atoms. The summed E-state index contributed by atoms with van der Waals surface area (Å²) >= 11 is 0. The Kier molecular flexibility index (Phi) is 1.93. The van der Waals surface area contributed by atoms with Crippen LogP contribution in [0.25, 0.3) is 0 Å². The van der Waals surface area contributed by atoms with Gasteiger partial charge in [-0.3, -0.25) is 4.79 Å². The van der Waals surface area contributed by atoms with E-state index in [2.05, 4.69) is 0 Å². The second kappa shape index (κ2) is 2.72. The Hall–Kier alpha value is -1.01. The van der Waals surface area contributed by atoms with E-state index in [-0.39, 0.29) is 18.4 Å². The van der Waals surface area contributed by atoms with Gasteiger partial charge in [0.15, 0.2) is 0 Å². The van der Waals surface area contributed by atoms with E-state index < -0.39 is 0 Å². The van der Waals surface area contributed by atoms with Gasteiger partial charge in [0.05, 0.1) is 0 Å². The molecule has 1 N–H and O–H groups in total. The van der Waals surface area contributed by atoms with Crippen LogP contribution in [0.5, 0.6) is 0 Å². The number of carbonyl (C=O) groups is 1. The van der Waals surface area contributed by atoms with Crippen LogP contribution in [-0.4, -0.2) is 35.6 Å². The van der Waals surface area contributed by atoms with E-state index in [4.69, 9.17) is 11.5 Å². The normalized spacial score (nSPS) is 17.8. The third-order valence-corrected chi connectivity index (χ3v) is 1.63. The lowest BCUT2D eigenvalue weighted by atomic mass is 10.0. The minimum absolute atomic E-state index is 0.147. The molecule has 1 aliphatic heterocycles. The fourth-order valence-corrected chi connectivity index (χ4v) is 0.942. The number of carbonyl (C=O) groups excluding carboxylic acids is 1. The van der Waals surface area contributed by atoms with Gasteiger partial charge in [-0.2, -0.15) is 0 Å². The maximum Gasteiger partial charge on any atom is 0.298 e. The zero-order chi connectivity index (χ0) is 7.56. The van der Waals surface area contributed by atoms with Crippen molar-refractivity contribution >= 4 is 5.91 Å². The molecule has 0 aliphatic carbocycles. The summed E-state index contributed by atoms with van der Waals surface area (Å²) in [6, 6.07) is 0. The Labute approximate surface area is 59.6 Å². The van der Waals surface area contributed by atoms with Crippen molar-refractivity contribution in [2.45, 2.75) is 0 Å². The molecule has 0 aromatic rings. The molecule has 0 aromatic heterocycles. The highest BCUT2D eigenvalue weighted by molar-refractivity contribution is 5.93. The van der Waals surface area contributed by atoms with E-state index in [1.807, 2.05) is 5.92 Å². The van der Waals surface area contributed by atoms with Gasteiger partial charge in [0.25, 0.3) is 5.91 Å². The minimum Gasteiger partial charge on any atom is -0.396 e. The number of aliphatic hydroxyl groups is 1. The van der Waals surface area contributed by atoms with Gasteiger partial charge >= 0.3 is 0 Å². The van der Waals surface area contributed by atoms with Gasteiger partial charge in [-0.1, -0.05) is 0 Å². The molecule has 0 saturated carbocycles. The molecule has 0 bridgehead atoms. The maximum absolute atomic E-state index is 10.7. The van der Waals surface area contributed by atoms with E-state index >= 15 is 0 Å². The van der Waals surface area contributed by atoms with Gasteiger partial charge in [-0.25, -0.2) is 0 Å². The van der Waals surface area contributed by atoms with E-state index in [1.165, 1.54) is 0 Å². The number of hydrogen-bond acceptors (Lipinski definition) is 2. The van der Waals surface area contributed by atoms with Crippen molar-refractivity contribution in [2.24, 2.45) is 5.92 Å². The standard InChI is InChI=1S/C7H9NO2/c1-2-7(10)8-3-6(4-8)5-9/h1,6,9H,3-5H2. The van der Waals surface area contributed by atoms with Gasteiger partial charge in [0.1, 0.15) is 0 Å². The lowest BCUT2D eigenvalue weighted by molar-refractivity contribution is -0.131. The molecule has 1 saturated heterocycles. The van der Waals surface area contributed by atoms with E-state index in [0.29, 0.717) is 13.1 Å². The topological polar surface area (TPSA) is 40.5 Å². The smallest absolute Gasteiger partial charge is 0.298 e. The summed E-state index contributed by atoms with van der Waals surface area (Å²) in [5, 5.41) is 8.57. The summed E-state index contributed by atoms with van der Waals surface area (Å²) in [7, 11) is 0. The van der Waals surface area contributed by atoms with E-state index in [9.17, 15) is 4.79 Å². The van der Waals surface area contributed by atoms with Crippen molar-refractivity contribution in [3.63, 3.8) is 0 Å². The lowest BCUT2D eigenvalue weighted by Gasteiger charge is -2.36. The molecule has 1 heterocycles. The Morgan fingerprint density at radius 3 is 2.80 bits per heavy atom. The predicted molar refractivity (Wildman–Crippen MR) is 36.0 cm³/mol. The summed E-state index contributed by atoms with van der Waals surface area (Å²) < 4.78 is 0. The summed E-state index contributed by atoms with van der Waals surface area (Å²) in [4.78, 5) is 12.2. The third kappa shape index (κ3) is 1.12. The molecule has 1 aliphatic rings. The molecular formula is C7H9NO2. The predicted octanol–water partition coefficient (Wildman–Crippen LogP) is -0.930. The SMILES string of the molecule is C#CC(=O)N1CC(CO)C1. The molecule has 54 valence electrons. The molecule has 0 aromatic carbocycles. The number of nitrogens with zero attached hydrogens (tertiary/aromatic N) is 1. The fraction of sp³-hybridized carbons (Fsp3) is 0.571. The van der Waals surface area contributed by atoms with Crippen molar-refractivity contribution in [3.05, 3.63) is 0 Å². The Balaban J connectivity index is 2.27. The summed E-state index contributed by atoms with van der Waals surface area (Å²) in [6.45, 7) is 1.37. The number of amides is 1. The second-order valence-corrected chi connectivity index (χ2v) is 2.40. The number of hydrogen-bond donors (Lipinski definition) is 1. The van der Waals surface area contributed by atoms with Gasteiger partial charge in [0, 0.05) is 25.6 Å². The first-order valence-corrected chi connectivity index (χ1v) is 3.14. The van der Waals surface area contributed by atoms with Crippen LogP contribution in [0.1, 0.15) is 0 Å². The highest BCUT2D eigenvalue weighted by Crippen LogP contribution is 2.13. The first-order chi connectivity index (χ1) is 4.77. The first kappa shape index (κ1) is 7.10. The van der Waals surface area contributed by atoms with Gasteiger partial charge in [-0.15, -0.1) is 6.42 Å². The molecule has 1 fully saturated rings. The van der Waals surface area contributed by atoms with E-state index in [0.717, 1.165) is 0 Å². The third-order valence-electron chi connectivity index (χ3n) is 1.63. The monoisotopic (exact) mass is 139 g/mol. The highest BCUT2D eigenvalue weighted by atomic mass is 16.3. The second-order valence-electron chi connectivity index (χ2n) is 2.40. The van der Waals surface area contributed by atoms with Crippen LogP contribution in [0.2, 0.25) is 0 Å². The molecule has 0 atom stereocenters. The van der Waals surface area contributed by atoms with Crippen molar-refractivity contribution in [3.8, 4) is 12.3 Å². The number of terminal acetylenes is 1. The summed E-state index contributed by atoms with van der Waals surface area (Å²) in [5.74, 6) is 1.99. The van der Waals surface area contributed by atoms with Crippen LogP contribution < -0.4 is 0 Å². The zero-order valence-electron chi connectivity index (χ0n) is 5.58. The van der Waals surface area contributed by atoms with Crippen LogP contribution in [0.4, 0.5) is 0 Å². The highest BCUT2D eigenvalue weighted by Gasteiger charge is 2.28. The largest absolute Gasteiger partial charge is 0.396 e. The molecule has 0 unspecified atom stereocenters. The number of likely N-dealkylation sites (tertiary alicyclic amines) is 1. The lowest BCUT2D eigenvalue weighted by Crippen LogP contribution is -2.50. The van der Waals surface area contributed by atoms with Crippen LogP contribution in [0, 0.1) is 18.3 Å². The van der Waals surface area contributed by atoms with E-state index in [1.54, 1.807) is 4.90 Å². The van der Waals surface area contributed by atoms with Crippen LogP contribution in [-0.2, 0) is 4.79 Å². The first-order valence-electron chi connectivity index (χ1n) is 3.14. The van der Waals surface area contributed by atoms with Crippen LogP contribution in [0.3, 0.4) is 0 Å². The quantitative estimate of drug-likeness (QED) is 0.477. The van der Waals surface area contributed by atoms with Crippen LogP contribution >= 0.6 is 0 Å². The fourth-order valence-electron chi connectivity index (χ4n) is 0.942. The molecule has 0 radical (unpaired) electrons. The maximum atomic E-state index is 10.7. The van der Waals surface area contributed by atoms with Gasteiger partial charge < -0.3 is 10.0 Å². The van der Waals surface area contributed by atoms with Crippen molar-refractivity contribution in [1.82, 2.24) is 4.90 Å². The Morgan fingerprint density at radius 2 is 2.40 bits per heavy atom. The molecule has 1 amide bonds. The van der Waals surface area contributed by atoms with Crippen molar-refractivity contribution in [2.75, 3.05) is 19.7 Å². The summed E-state index contributed by atoms with van der Waals surface area (Å²) in [5.41, 5.74) is 0. The minimum atomic E-state index is -0.273. The molecule has 10 heavy (non-hydrogen) atoms. The molecular weight excluding hydrogens is 130 g/mol. The molecule has 3 nitrogen and oxygen atoms in total. The average molecular weight is 139 g/mol. The molecule has 1 rings (SSSR count). The Morgan fingerprint density at radius 1 is 1.80 bits per heavy atom. The van der Waals surface area contributed by atoms with Gasteiger partial charge in [-0.05, 0) is 5.92 Å². The van der Waals surface area contributed by atoms with Crippen LogP contribution in [0.15, 0.2) is 0 Å². The van der Waals surface area contributed by atoms with Gasteiger partial charge in [0.2, 0.25) is 0 Å². The summed E-state index contributed by atoms with van der Waals surface area (Å²) in [6.07, 6.45) is 4.87. The van der Waals surface area contributed by atoms with Crippen molar-refractivity contribution in [1.29, 1.82) is 0 Å². The average Bonchev–Trinajstić information content (AvgIpc) is 1.85. The van der Waals surface area contributed by atoms with Crippen molar-refractivity contribution < 1.29 is 9.90 Å². The number of rotatable bonds is 1. The zero-order valence-corrected chi connectivity index (χ0v) is 5.58. The molecule has 3 heteroatoms. The number of aliphatic hydroxyl groups excluding tert-OH is 1. The Bertz CT molecular complexity index is 177.